The highest BCUT2D eigenvalue weighted by molar-refractivity contribution is 5.16. The number of ether oxygens (including phenoxy) is 2. The molecular formula is C15H24O2. The molecule has 0 N–H and O–H groups in total. The first-order valence-electron chi connectivity index (χ1n) is 6.53. The number of benzene rings is 1. The van der Waals surface area contributed by atoms with Crippen LogP contribution in [0.2, 0.25) is 0 Å². The zero-order chi connectivity index (χ0) is 12.7. The van der Waals surface area contributed by atoms with Crippen LogP contribution in [0.1, 0.15) is 52.4 Å². The molecule has 0 bridgehead atoms. The Balaban J connectivity index is 2.72. The Morgan fingerprint density at radius 3 is 1.76 bits per heavy atom. The molecule has 2 unspecified atom stereocenters. The number of hydrogen-bond donors (Lipinski definition) is 0. The van der Waals surface area contributed by atoms with Crippen molar-refractivity contribution in [2.75, 3.05) is 0 Å². The molecular weight excluding hydrogens is 212 g/mol. The van der Waals surface area contributed by atoms with Crippen molar-refractivity contribution in [3.8, 4) is 0 Å². The first-order valence-corrected chi connectivity index (χ1v) is 6.53. The lowest BCUT2D eigenvalue weighted by atomic mass is 10.2. The fourth-order valence-electron chi connectivity index (χ4n) is 1.41. The molecule has 0 saturated heterocycles. The van der Waals surface area contributed by atoms with Crippen molar-refractivity contribution in [1.29, 1.82) is 0 Å². The minimum atomic E-state index is -0.249. The van der Waals surface area contributed by atoms with E-state index in [1.165, 1.54) is 0 Å². The SMILES string of the molecule is CCC(C)OC(OC(C)CC)c1ccccc1. The van der Waals surface area contributed by atoms with E-state index >= 15 is 0 Å². The van der Waals surface area contributed by atoms with E-state index in [2.05, 4.69) is 39.8 Å². The van der Waals surface area contributed by atoms with Crippen molar-refractivity contribution in [2.45, 2.75) is 59.0 Å². The second-order valence-electron chi connectivity index (χ2n) is 4.45. The topological polar surface area (TPSA) is 18.5 Å². The molecule has 0 heterocycles. The predicted octanol–water partition coefficient (Wildman–Crippen LogP) is 4.32. The summed E-state index contributed by atoms with van der Waals surface area (Å²) >= 11 is 0. The summed E-state index contributed by atoms with van der Waals surface area (Å²) in [7, 11) is 0. The molecule has 0 amide bonds. The van der Waals surface area contributed by atoms with Crippen LogP contribution in [0.5, 0.6) is 0 Å². The van der Waals surface area contributed by atoms with Crippen LogP contribution in [0.25, 0.3) is 0 Å². The van der Waals surface area contributed by atoms with E-state index < -0.39 is 0 Å². The van der Waals surface area contributed by atoms with Crippen LogP contribution in [0, 0.1) is 0 Å². The third-order valence-electron chi connectivity index (χ3n) is 2.93. The van der Waals surface area contributed by atoms with Crippen LogP contribution in [0.3, 0.4) is 0 Å². The summed E-state index contributed by atoms with van der Waals surface area (Å²) in [6, 6.07) is 10.1. The van der Waals surface area contributed by atoms with Gasteiger partial charge in [-0.25, -0.2) is 0 Å². The van der Waals surface area contributed by atoms with Gasteiger partial charge in [-0.2, -0.15) is 0 Å². The molecule has 2 heteroatoms. The third-order valence-corrected chi connectivity index (χ3v) is 2.93. The van der Waals surface area contributed by atoms with Crippen LogP contribution < -0.4 is 0 Å². The quantitative estimate of drug-likeness (QED) is 0.656. The summed E-state index contributed by atoms with van der Waals surface area (Å²) < 4.78 is 11.9. The molecule has 2 atom stereocenters. The third kappa shape index (κ3) is 4.88. The maximum atomic E-state index is 5.94. The molecule has 1 aromatic rings. The van der Waals surface area contributed by atoms with Gasteiger partial charge in [0.05, 0.1) is 12.2 Å². The van der Waals surface area contributed by atoms with Crippen LogP contribution in [0.15, 0.2) is 30.3 Å². The van der Waals surface area contributed by atoms with Gasteiger partial charge < -0.3 is 9.47 Å². The second kappa shape index (κ2) is 7.46. The van der Waals surface area contributed by atoms with Gasteiger partial charge >= 0.3 is 0 Å². The van der Waals surface area contributed by atoms with Gasteiger partial charge in [0.1, 0.15) is 0 Å². The highest BCUT2D eigenvalue weighted by atomic mass is 16.7. The normalized spacial score (nSPS) is 16.5. The molecule has 96 valence electrons. The van der Waals surface area contributed by atoms with Gasteiger partial charge in [-0.05, 0) is 26.7 Å². The zero-order valence-corrected chi connectivity index (χ0v) is 11.3. The van der Waals surface area contributed by atoms with Gasteiger partial charge in [0.2, 0.25) is 0 Å². The zero-order valence-electron chi connectivity index (χ0n) is 11.3. The second-order valence-corrected chi connectivity index (χ2v) is 4.45. The molecule has 0 aliphatic rings. The van der Waals surface area contributed by atoms with Crippen molar-refractivity contribution in [2.24, 2.45) is 0 Å². The average molecular weight is 236 g/mol. The van der Waals surface area contributed by atoms with E-state index in [1.54, 1.807) is 0 Å². The lowest BCUT2D eigenvalue weighted by Gasteiger charge is -2.25. The van der Waals surface area contributed by atoms with Crippen LogP contribution in [-0.2, 0) is 9.47 Å². The lowest BCUT2D eigenvalue weighted by molar-refractivity contribution is -0.193. The van der Waals surface area contributed by atoms with Gasteiger partial charge in [0.25, 0.3) is 0 Å². The Morgan fingerprint density at radius 2 is 1.35 bits per heavy atom. The van der Waals surface area contributed by atoms with Crippen molar-refractivity contribution < 1.29 is 9.47 Å². The summed E-state index contributed by atoms with van der Waals surface area (Å²) in [5.41, 5.74) is 1.09. The highest BCUT2D eigenvalue weighted by Crippen LogP contribution is 2.23. The van der Waals surface area contributed by atoms with Crippen molar-refractivity contribution in [3.63, 3.8) is 0 Å². The van der Waals surface area contributed by atoms with Gasteiger partial charge in [-0.3, -0.25) is 0 Å². The molecule has 1 rings (SSSR count). The number of rotatable bonds is 7. The largest absolute Gasteiger partial charge is 0.345 e. The minimum absolute atomic E-state index is 0.212. The van der Waals surface area contributed by atoms with E-state index in [9.17, 15) is 0 Å². The Bertz CT molecular complexity index is 285. The molecule has 0 fully saturated rings. The van der Waals surface area contributed by atoms with Crippen LogP contribution >= 0.6 is 0 Å². The van der Waals surface area contributed by atoms with Crippen molar-refractivity contribution >= 4 is 0 Å². The first-order chi connectivity index (χ1) is 8.17. The summed E-state index contributed by atoms with van der Waals surface area (Å²) in [6.45, 7) is 8.40. The van der Waals surface area contributed by atoms with E-state index in [0.29, 0.717) is 0 Å². The van der Waals surface area contributed by atoms with Gasteiger partial charge in [-0.1, -0.05) is 44.2 Å². The molecule has 0 aromatic heterocycles. The minimum Gasteiger partial charge on any atom is -0.345 e. The summed E-state index contributed by atoms with van der Waals surface area (Å²) in [5.74, 6) is 0. The fraction of sp³-hybridized carbons (Fsp3) is 0.600. The Kier molecular flexibility index (Phi) is 6.23. The molecule has 0 aliphatic heterocycles. The van der Waals surface area contributed by atoms with E-state index in [1.807, 2.05) is 18.2 Å². The molecule has 0 radical (unpaired) electrons. The molecule has 2 nitrogen and oxygen atoms in total. The van der Waals surface area contributed by atoms with E-state index in [0.717, 1.165) is 18.4 Å². The van der Waals surface area contributed by atoms with Gasteiger partial charge in [0.15, 0.2) is 6.29 Å². The van der Waals surface area contributed by atoms with Crippen LogP contribution in [0.4, 0.5) is 0 Å². The fourth-order valence-corrected chi connectivity index (χ4v) is 1.41. The van der Waals surface area contributed by atoms with Crippen molar-refractivity contribution in [3.05, 3.63) is 35.9 Å². The molecule has 17 heavy (non-hydrogen) atoms. The van der Waals surface area contributed by atoms with Crippen molar-refractivity contribution in [1.82, 2.24) is 0 Å². The van der Waals surface area contributed by atoms with E-state index in [-0.39, 0.29) is 18.5 Å². The molecule has 0 saturated carbocycles. The number of hydrogen-bond acceptors (Lipinski definition) is 2. The summed E-state index contributed by atoms with van der Waals surface area (Å²) in [6.07, 6.45) is 2.16. The highest BCUT2D eigenvalue weighted by Gasteiger charge is 2.17. The lowest BCUT2D eigenvalue weighted by Crippen LogP contribution is -2.20. The standard InChI is InChI=1S/C15H24O2/c1-5-12(3)16-15(17-13(4)6-2)14-10-8-7-9-11-14/h7-13,15H,5-6H2,1-4H3. The maximum Gasteiger partial charge on any atom is 0.184 e. The monoisotopic (exact) mass is 236 g/mol. The average Bonchev–Trinajstić information content (AvgIpc) is 2.38. The molecule has 0 spiro atoms. The smallest absolute Gasteiger partial charge is 0.184 e. The Morgan fingerprint density at radius 1 is 0.882 bits per heavy atom. The van der Waals surface area contributed by atoms with Gasteiger partial charge in [0, 0.05) is 5.56 Å². The van der Waals surface area contributed by atoms with E-state index in [4.69, 9.17) is 9.47 Å². The Labute approximate surface area is 105 Å². The maximum absolute atomic E-state index is 5.94. The molecule has 0 aliphatic carbocycles. The molecule has 1 aromatic carbocycles. The van der Waals surface area contributed by atoms with Crippen LogP contribution in [-0.4, -0.2) is 12.2 Å². The first kappa shape index (κ1) is 14.2. The van der Waals surface area contributed by atoms with Gasteiger partial charge in [-0.15, -0.1) is 0 Å². The summed E-state index contributed by atoms with van der Waals surface area (Å²) in [4.78, 5) is 0. The Hall–Kier alpha value is -0.860. The predicted molar refractivity (Wildman–Crippen MR) is 70.9 cm³/mol. The summed E-state index contributed by atoms with van der Waals surface area (Å²) in [5, 5.41) is 0.